The Bertz CT molecular complexity index is 1880. The van der Waals surface area contributed by atoms with E-state index < -0.39 is 11.6 Å². The quantitative estimate of drug-likeness (QED) is 0.259. The fourth-order valence-electron chi connectivity index (χ4n) is 7.34. The molecule has 7 rings (SSSR count). The van der Waals surface area contributed by atoms with Gasteiger partial charge in [0.05, 0.1) is 12.3 Å². The number of anilines is 2. The predicted molar refractivity (Wildman–Crippen MR) is 192 cm³/mol. The number of halogens is 2. The van der Waals surface area contributed by atoms with Gasteiger partial charge in [-0.3, -0.25) is 14.1 Å². The van der Waals surface area contributed by atoms with Crippen molar-refractivity contribution in [1.82, 2.24) is 39.0 Å². The maximum Gasteiger partial charge on any atom is 0.236 e. The predicted octanol–water partition coefficient (Wildman–Crippen LogP) is 3.45. The van der Waals surface area contributed by atoms with Crippen LogP contribution in [0.3, 0.4) is 0 Å². The van der Waals surface area contributed by atoms with Gasteiger partial charge in [-0.25, -0.2) is 23.7 Å². The number of aromatic nitrogens is 4. The van der Waals surface area contributed by atoms with E-state index in [4.69, 9.17) is 9.97 Å². The molecule has 0 N–H and O–H groups in total. The number of pyridine rings is 1. The third kappa shape index (κ3) is 7.66. The molecule has 3 aliphatic heterocycles. The van der Waals surface area contributed by atoms with Crippen molar-refractivity contribution in [2.45, 2.75) is 25.3 Å². The molecule has 0 bridgehead atoms. The second-order valence-corrected chi connectivity index (χ2v) is 13.9. The molecule has 6 heterocycles. The number of nitrogens with zero attached hydrogens (tertiary/aromatic N) is 11. The zero-order valence-electron chi connectivity index (χ0n) is 29.4. The third-order valence-corrected chi connectivity index (χ3v) is 10.5. The fraction of sp³-hybridized carbons (Fsp3) is 0.486. The van der Waals surface area contributed by atoms with Gasteiger partial charge in [0.25, 0.3) is 0 Å². The highest BCUT2D eigenvalue weighted by atomic mass is 19.1. The number of amides is 1. The molecule has 3 aromatic heterocycles. The van der Waals surface area contributed by atoms with Crippen molar-refractivity contribution in [2.24, 2.45) is 0 Å². The van der Waals surface area contributed by atoms with Gasteiger partial charge in [-0.15, -0.1) is 0 Å². The van der Waals surface area contributed by atoms with Crippen molar-refractivity contribution in [2.75, 3.05) is 102 Å². The maximum absolute atomic E-state index is 17.2. The van der Waals surface area contributed by atoms with Crippen molar-refractivity contribution >= 4 is 23.1 Å². The number of nitriles is 1. The van der Waals surface area contributed by atoms with Crippen molar-refractivity contribution in [3.8, 4) is 28.8 Å². The van der Waals surface area contributed by atoms with E-state index in [1.54, 1.807) is 21.6 Å². The first-order chi connectivity index (χ1) is 24.8. The van der Waals surface area contributed by atoms with Crippen LogP contribution in [0.5, 0.6) is 0 Å². The van der Waals surface area contributed by atoms with E-state index in [2.05, 4.69) is 38.7 Å². The summed E-state index contributed by atoms with van der Waals surface area (Å²) in [7, 11) is 4.23. The molecule has 12 nitrogen and oxygen atoms in total. The molecule has 1 atom stereocenters. The molecule has 1 aromatic carbocycles. The van der Waals surface area contributed by atoms with E-state index in [0.29, 0.717) is 43.1 Å². The first kappa shape index (κ1) is 34.7. The number of piperidine rings is 1. The minimum atomic E-state index is -0.551. The SMILES string of the molecule is CN1CCN(CCN(c2nc(-c3cnc4ccc(F)cn34)nc(-c3ccc(N4CCN(C)CC4)cc3)c2F)C2CCCN(C(=O)CC#N)C2)CC1. The minimum Gasteiger partial charge on any atom is -0.369 e. The van der Waals surface area contributed by atoms with Gasteiger partial charge in [0.2, 0.25) is 5.91 Å². The Hall–Kier alpha value is -4.71. The third-order valence-electron chi connectivity index (χ3n) is 10.5. The Kier molecular flexibility index (Phi) is 10.4. The summed E-state index contributed by atoms with van der Waals surface area (Å²) in [4.78, 5) is 40.1. The maximum atomic E-state index is 17.2. The molecular formula is C37H45F2N11O. The number of benzene rings is 1. The van der Waals surface area contributed by atoms with Crippen LogP contribution in [0.25, 0.3) is 28.4 Å². The Balaban J connectivity index is 1.31. The number of rotatable bonds is 9. The van der Waals surface area contributed by atoms with Crippen LogP contribution in [0, 0.1) is 23.0 Å². The van der Waals surface area contributed by atoms with E-state index in [1.165, 1.54) is 12.3 Å². The van der Waals surface area contributed by atoms with Gasteiger partial charge in [0.1, 0.15) is 29.3 Å². The molecule has 0 saturated carbocycles. The summed E-state index contributed by atoms with van der Waals surface area (Å²) in [5, 5.41) is 9.24. The Morgan fingerprint density at radius 2 is 1.67 bits per heavy atom. The van der Waals surface area contributed by atoms with Gasteiger partial charge in [-0.1, -0.05) is 12.1 Å². The van der Waals surface area contributed by atoms with Gasteiger partial charge in [0.15, 0.2) is 17.5 Å². The molecule has 3 fully saturated rings. The highest BCUT2D eigenvalue weighted by Gasteiger charge is 2.33. The van der Waals surface area contributed by atoms with Crippen LogP contribution in [0.15, 0.2) is 48.8 Å². The number of hydrogen-bond donors (Lipinski definition) is 0. The number of carbonyl (C=O) groups is 1. The number of imidazole rings is 1. The molecule has 0 spiro atoms. The van der Waals surface area contributed by atoms with Crippen LogP contribution < -0.4 is 9.80 Å². The van der Waals surface area contributed by atoms with Crippen LogP contribution in [0.4, 0.5) is 20.3 Å². The minimum absolute atomic E-state index is 0.137. The van der Waals surface area contributed by atoms with E-state index in [-0.39, 0.29) is 35.7 Å². The number of likely N-dealkylation sites (N-methyl/N-ethyl adjacent to an activating group) is 2. The van der Waals surface area contributed by atoms with E-state index >= 15 is 4.39 Å². The lowest BCUT2D eigenvalue weighted by atomic mass is 10.0. The summed E-state index contributed by atoms with van der Waals surface area (Å²) in [5.74, 6) is -0.857. The lowest BCUT2D eigenvalue weighted by molar-refractivity contribution is -0.131. The number of piperazine rings is 2. The smallest absolute Gasteiger partial charge is 0.236 e. The summed E-state index contributed by atoms with van der Waals surface area (Å²) in [6, 6.07) is 12.5. The van der Waals surface area contributed by atoms with Crippen molar-refractivity contribution in [3.05, 3.63) is 60.4 Å². The summed E-state index contributed by atoms with van der Waals surface area (Å²) >= 11 is 0. The normalized spacial score (nSPS) is 19.4. The topological polar surface area (TPSA) is 103 Å². The number of likely N-dealkylation sites (tertiary alicyclic amines) is 1. The summed E-state index contributed by atoms with van der Waals surface area (Å²) in [5.41, 5.74) is 2.77. The van der Waals surface area contributed by atoms with E-state index in [9.17, 15) is 14.4 Å². The lowest BCUT2D eigenvalue weighted by Crippen LogP contribution is -2.53. The van der Waals surface area contributed by atoms with Gasteiger partial charge in [-0.2, -0.15) is 5.26 Å². The van der Waals surface area contributed by atoms with Crippen LogP contribution in [0.2, 0.25) is 0 Å². The van der Waals surface area contributed by atoms with Crippen molar-refractivity contribution in [3.63, 3.8) is 0 Å². The first-order valence-electron chi connectivity index (χ1n) is 17.8. The summed E-state index contributed by atoms with van der Waals surface area (Å²) < 4.78 is 33.3. The van der Waals surface area contributed by atoms with E-state index in [1.807, 2.05) is 35.2 Å². The lowest BCUT2D eigenvalue weighted by Gasteiger charge is -2.41. The standard InChI is InChI=1S/C37H45F2N11O/c1-44-14-18-46(19-15-44)20-23-49(30-4-3-13-48(26-30)33(51)11-12-40)37-34(39)35(27-5-8-29(9-6-27)47-21-16-45(2)17-22-47)42-36(43-37)31-24-41-32-10-7-28(38)25-50(31)32/h5-10,24-25,30H,3-4,11,13-23,26H2,1-2H3. The van der Waals surface area contributed by atoms with Gasteiger partial charge >= 0.3 is 0 Å². The van der Waals surface area contributed by atoms with Crippen LogP contribution >= 0.6 is 0 Å². The molecule has 14 heteroatoms. The second-order valence-electron chi connectivity index (χ2n) is 13.9. The van der Waals surface area contributed by atoms with Gasteiger partial charge in [0, 0.05) is 102 Å². The zero-order chi connectivity index (χ0) is 35.5. The highest BCUT2D eigenvalue weighted by molar-refractivity contribution is 5.78. The molecular weight excluding hydrogens is 652 g/mol. The molecule has 3 aliphatic rings. The molecule has 51 heavy (non-hydrogen) atoms. The summed E-state index contributed by atoms with van der Waals surface area (Å²) in [6.45, 7) is 9.54. The molecule has 0 aliphatic carbocycles. The molecule has 268 valence electrons. The molecule has 0 radical (unpaired) electrons. The Morgan fingerprint density at radius 3 is 2.39 bits per heavy atom. The average Bonchev–Trinajstić information content (AvgIpc) is 3.57. The van der Waals surface area contributed by atoms with Crippen molar-refractivity contribution in [1.29, 1.82) is 5.26 Å². The monoisotopic (exact) mass is 697 g/mol. The first-order valence-corrected chi connectivity index (χ1v) is 17.8. The largest absolute Gasteiger partial charge is 0.369 e. The highest BCUT2D eigenvalue weighted by Crippen LogP contribution is 2.34. The summed E-state index contributed by atoms with van der Waals surface area (Å²) in [6.07, 6.45) is 4.18. The van der Waals surface area contributed by atoms with Gasteiger partial charge in [-0.05, 0) is 51.2 Å². The average molecular weight is 698 g/mol. The van der Waals surface area contributed by atoms with Crippen LogP contribution in [-0.4, -0.2) is 144 Å². The zero-order valence-corrected chi connectivity index (χ0v) is 29.4. The number of hydrogen-bond acceptors (Lipinski definition) is 10. The van der Waals surface area contributed by atoms with Crippen LogP contribution in [0.1, 0.15) is 19.3 Å². The molecule has 4 aromatic rings. The molecule has 1 amide bonds. The number of fused-ring (bicyclic) bond motifs is 1. The van der Waals surface area contributed by atoms with E-state index in [0.717, 1.165) is 70.9 Å². The van der Waals surface area contributed by atoms with Crippen molar-refractivity contribution < 1.29 is 13.6 Å². The fourth-order valence-corrected chi connectivity index (χ4v) is 7.34. The molecule has 1 unspecified atom stereocenters. The molecule has 3 saturated heterocycles. The Labute approximate surface area is 297 Å². The number of carbonyl (C=O) groups excluding carboxylic acids is 1. The Morgan fingerprint density at radius 1 is 0.941 bits per heavy atom. The second kappa shape index (κ2) is 15.3. The van der Waals surface area contributed by atoms with Crippen LogP contribution in [-0.2, 0) is 4.79 Å². The van der Waals surface area contributed by atoms with Gasteiger partial charge < -0.3 is 24.5 Å².